The van der Waals surface area contributed by atoms with Crippen molar-refractivity contribution >= 4 is 5.69 Å². The van der Waals surface area contributed by atoms with Crippen LogP contribution >= 0.6 is 0 Å². The maximum Gasteiger partial charge on any atom is 0.119 e. The van der Waals surface area contributed by atoms with Crippen molar-refractivity contribution in [1.82, 2.24) is 5.43 Å². The molecule has 0 amide bonds. The second-order valence-corrected chi connectivity index (χ2v) is 6.80. The van der Waals surface area contributed by atoms with Gasteiger partial charge in [0.1, 0.15) is 12.4 Å². The van der Waals surface area contributed by atoms with Crippen LogP contribution in [0.1, 0.15) is 11.1 Å². The highest BCUT2D eigenvalue weighted by atomic mass is 16.5. The second kappa shape index (κ2) is 9.58. The highest BCUT2D eigenvalue weighted by Crippen LogP contribution is 2.26. The molecule has 0 aromatic heterocycles. The predicted octanol–water partition coefficient (Wildman–Crippen LogP) is 6.05. The van der Waals surface area contributed by atoms with Gasteiger partial charge in [0.2, 0.25) is 0 Å². The van der Waals surface area contributed by atoms with E-state index in [1.165, 1.54) is 22.3 Å². The van der Waals surface area contributed by atoms with E-state index in [-0.39, 0.29) is 0 Å². The highest BCUT2D eigenvalue weighted by Gasteiger charge is 2.05. The van der Waals surface area contributed by atoms with Crippen molar-refractivity contribution in [3.8, 4) is 16.9 Å². The van der Waals surface area contributed by atoms with E-state index >= 15 is 0 Å². The number of nitrogens with one attached hydrogen (secondary N) is 2. The van der Waals surface area contributed by atoms with Gasteiger partial charge in [0.05, 0.1) is 0 Å². The molecule has 0 atom stereocenters. The molecule has 29 heavy (non-hydrogen) atoms. The van der Waals surface area contributed by atoms with Crippen molar-refractivity contribution in [1.29, 1.82) is 0 Å². The zero-order chi connectivity index (χ0) is 19.7. The van der Waals surface area contributed by atoms with E-state index in [0.29, 0.717) is 6.61 Å². The minimum absolute atomic E-state index is 0.575. The fourth-order valence-electron chi connectivity index (χ4n) is 3.19. The Kier molecular flexibility index (Phi) is 6.21. The van der Waals surface area contributed by atoms with Crippen molar-refractivity contribution in [2.45, 2.75) is 13.2 Å². The fourth-order valence-corrected chi connectivity index (χ4v) is 3.19. The maximum absolute atomic E-state index is 5.90. The molecule has 0 saturated carbocycles. The van der Waals surface area contributed by atoms with Crippen LogP contribution < -0.4 is 15.6 Å². The van der Waals surface area contributed by atoms with Crippen LogP contribution in [0.3, 0.4) is 0 Å². The summed E-state index contributed by atoms with van der Waals surface area (Å²) in [5.41, 5.74) is 12.4. The van der Waals surface area contributed by atoms with Crippen molar-refractivity contribution in [2.75, 3.05) is 5.43 Å². The molecule has 4 aromatic carbocycles. The van der Waals surface area contributed by atoms with Crippen molar-refractivity contribution < 1.29 is 4.74 Å². The Morgan fingerprint density at radius 3 is 2.03 bits per heavy atom. The molecule has 4 rings (SSSR count). The normalized spacial score (nSPS) is 10.5. The van der Waals surface area contributed by atoms with Gasteiger partial charge >= 0.3 is 0 Å². The SMILES string of the molecule is c1ccc(COc2ccc(-c3ccccc3CNNc3ccccc3)cc2)cc1. The summed E-state index contributed by atoms with van der Waals surface area (Å²) < 4.78 is 5.90. The summed E-state index contributed by atoms with van der Waals surface area (Å²) in [6.45, 7) is 1.29. The minimum atomic E-state index is 0.575. The number of ether oxygens (including phenoxy) is 1. The number of hydrogen-bond donors (Lipinski definition) is 2. The quantitative estimate of drug-likeness (QED) is 0.365. The molecule has 0 saturated heterocycles. The third kappa shape index (κ3) is 5.24. The first-order chi connectivity index (χ1) is 14.4. The van der Waals surface area contributed by atoms with E-state index in [2.05, 4.69) is 59.4 Å². The van der Waals surface area contributed by atoms with E-state index in [0.717, 1.165) is 18.0 Å². The smallest absolute Gasteiger partial charge is 0.119 e. The first-order valence-corrected chi connectivity index (χ1v) is 9.77. The molecule has 0 aliphatic heterocycles. The van der Waals surface area contributed by atoms with Crippen molar-refractivity contribution in [2.24, 2.45) is 0 Å². The molecule has 0 aliphatic rings. The lowest BCUT2D eigenvalue weighted by molar-refractivity contribution is 0.306. The van der Waals surface area contributed by atoms with Gasteiger partial charge in [0, 0.05) is 12.2 Å². The molecule has 144 valence electrons. The summed E-state index contributed by atoms with van der Waals surface area (Å²) >= 11 is 0. The molecule has 0 spiro atoms. The third-order valence-corrected chi connectivity index (χ3v) is 4.72. The first kappa shape index (κ1) is 18.8. The zero-order valence-electron chi connectivity index (χ0n) is 16.2. The van der Waals surface area contributed by atoms with Crippen molar-refractivity contribution in [3.63, 3.8) is 0 Å². The predicted molar refractivity (Wildman–Crippen MR) is 120 cm³/mol. The molecule has 3 nitrogen and oxygen atoms in total. The Hall–Kier alpha value is -3.56. The number of rotatable bonds is 8. The fraction of sp³-hybridized carbons (Fsp3) is 0.0769. The first-order valence-electron chi connectivity index (χ1n) is 9.77. The molecule has 0 fully saturated rings. The summed E-state index contributed by atoms with van der Waals surface area (Å²) in [6.07, 6.45) is 0. The van der Waals surface area contributed by atoms with Gasteiger partial charge in [-0.25, -0.2) is 5.43 Å². The van der Waals surface area contributed by atoms with Gasteiger partial charge in [0.15, 0.2) is 0 Å². The minimum Gasteiger partial charge on any atom is -0.489 e. The Balaban J connectivity index is 1.40. The molecule has 0 radical (unpaired) electrons. The van der Waals surface area contributed by atoms with Gasteiger partial charge in [-0.1, -0.05) is 84.9 Å². The van der Waals surface area contributed by atoms with Crippen molar-refractivity contribution in [3.05, 3.63) is 120 Å². The molecule has 0 heterocycles. The van der Waals surface area contributed by atoms with E-state index in [1.54, 1.807) is 0 Å². The summed E-state index contributed by atoms with van der Waals surface area (Å²) in [5, 5.41) is 0. The van der Waals surface area contributed by atoms with Crippen LogP contribution in [0.4, 0.5) is 5.69 Å². The highest BCUT2D eigenvalue weighted by molar-refractivity contribution is 5.68. The number of benzene rings is 4. The summed E-state index contributed by atoms with van der Waals surface area (Å²) in [7, 11) is 0. The van der Waals surface area contributed by atoms with Gasteiger partial charge in [-0.2, -0.15) is 0 Å². The summed E-state index contributed by atoms with van der Waals surface area (Å²) in [6, 6.07) is 37.0. The van der Waals surface area contributed by atoms with Gasteiger partial charge in [-0.05, 0) is 46.5 Å². The van der Waals surface area contributed by atoms with E-state index in [9.17, 15) is 0 Å². The van der Waals surface area contributed by atoms with Gasteiger partial charge in [-0.15, -0.1) is 0 Å². The van der Waals surface area contributed by atoms with Crippen LogP contribution in [0.2, 0.25) is 0 Å². The topological polar surface area (TPSA) is 33.3 Å². The Morgan fingerprint density at radius 1 is 0.621 bits per heavy atom. The lowest BCUT2D eigenvalue weighted by Crippen LogP contribution is -2.21. The number of hydrogen-bond acceptors (Lipinski definition) is 3. The Labute approximate surface area is 172 Å². The molecule has 0 unspecified atom stereocenters. The van der Waals surface area contributed by atoms with Crippen LogP contribution in [-0.2, 0) is 13.2 Å². The zero-order valence-corrected chi connectivity index (χ0v) is 16.2. The monoisotopic (exact) mass is 380 g/mol. The number of hydrazine groups is 1. The molecule has 2 N–H and O–H groups in total. The maximum atomic E-state index is 5.90. The largest absolute Gasteiger partial charge is 0.489 e. The lowest BCUT2D eigenvalue weighted by atomic mass is 10.00. The van der Waals surface area contributed by atoms with E-state index in [1.807, 2.05) is 60.7 Å². The van der Waals surface area contributed by atoms with Crippen LogP contribution in [0, 0.1) is 0 Å². The van der Waals surface area contributed by atoms with E-state index in [4.69, 9.17) is 4.74 Å². The van der Waals surface area contributed by atoms with Crippen LogP contribution in [0.25, 0.3) is 11.1 Å². The van der Waals surface area contributed by atoms with Gasteiger partial charge in [0.25, 0.3) is 0 Å². The van der Waals surface area contributed by atoms with Crippen LogP contribution in [0.5, 0.6) is 5.75 Å². The second-order valence-electron chi connectivity index (χ2n) is 6.80. The van der Waals surface area contributed by atoms with Crippen LogP contribution in [0.15, 0.2) is 109 Å². The molecule has 4 aromatic rings. The number of anilines is 1. The molecule has 3 heteroatoms. The standard InChI is InChI=1S/C26H24N2O/c1-3-9-21(10-4-1)20-29-25-17-15-22(16-18-25)26-14-8-7-11-23(26)19-27-28-24-12-5-2-6-13-24/h1-18,27-28H,19-20H2. The molecule has 0 bridgehead atoms. The van der Waals surface area contributed by atoms with Crippen LogP contribution in [-0.4, -0.2) is 0 Å². The average molecular weight is 380 g/mol. The lowest BCUT2D eigenvalue weighted by Gasteiger charge is -2.13. The summed E-state index contributed by atoms with van der Waals surface area (Å²) in [4.78, 5) is 0. The summed E-state index contributed by atoms with van der Waals surface area (Å²) in [5.74, 6) is 0.874. The Bertz CT molecular complexity index is 1020. The third-order valence-electron chi connectivity index (χ3n) is 4.72. The van der Waals surface area contributed by atoms with E-state index < -0.39 is 0 Å². The Morgan fingerprint density at radius 2 is 1.28 bits per heavy atom. The van der Waals surface area contributed by atoms with Gasteiger partial charge < -0.3 is 10.2 Å². The van der Waals surface area contributed by atoms with Gasteiger partial charge in [-0.3, -0.25) is 0 Å². The molecular weight excluding hydrogens is 356 g/mol. The molecule has 0 aliphatic carbocycles. The molecular formula is C26H24N2O. The average Bonchev–Trinajstić information content (AvgIpc) is 2.80. The number of para-hydroxylation sites is 1.